The van der Waals surface area contributed by atoms with Crippen LogP contribution in [0.3, 0.4) is 0 Å². The van der Waals surface area contributed by atoms with E-state index in [1.807, 2.05) is 12.1 Å². The molecule has 0 atom stereocenters. The first kappa shape index (κ1) is 15.3. The molecule has 0 radical (unpaired) electrons. The van der Waals surface area contributed by atoms with Crippen molar-refractivity contribution in [2.24, 2.45) is 0 Å². The Labute approximate surface area is 138 Å². The number of aryl methyl sites for hydroxylation is 1. The van der Waals surface area contributed by atoms with Crippen molar-refractivity contribution in [2.45, 2.75) is 20.0 Å². The van der Waals surface area contributed by atoms with Gasteiger partial charge in [-0.3, -0.25) is 14.2 Å². The van der Waals surface area contributed by atoms with E-state index in [0.29, 0.717) is 17.3 Å². The normalized spacial score (nSPS) is 10.7. The van der Waals surface area contributed by atoms with Crippen LogP contribution in [0.5, 0.6) is 0 Å². The van der Waals surface area contributed by atoms with Crippen LogP contribution in [0.2, 0.25) is 5.02 Å². The summed E-state index contributed by atoms with van der Waals surface area (Å²) in [5.74, 6) is -0.180. The Morgan fingerprint density at radius 2 is 1.96 bits per heavy atom. The molecule has 1 amide bonds. The highest BCUT2D eigenvalue weighted by Crippen LogP contribution is 2.11. The lowest BCUT2D eigenvalue weighted by atomic mass is 10.1. The third-order valence-electron chi connectivity index (χ3n) is 3.42. The molecule has 118 valence electrons. The van der Waals surface area contributed by atoms with E-state index in [1.165, 1.54) is 22.0 Å². The molecule has 2 aromatic heterocycles. The van der Waals surface area contributed by atoms with E-state index >= 15 is 0 Å². The van der Waals surface area contributed by atoms with Crippen LogP contribution in [0.25, 0.3) is 0 Å². The predicted octanol–water partition coefficient (Wildman–Crippen LogP) is 2.73. The quantitative estimate of drug-likeness (QED) is 0.782. The molecular weight excluding hydrogens is 314 g/mol. The van der Waals surface area contributed by atoms with Crippen LogP contribution in [0.4, 0.5) is 5.69 Å². The zero-order chi connectivity index (χ0) is 16.2. The molecule has 6 nitrogen and oxygen atoms in total. The first-order chi connectivity index (χ1) is 11.1. The van der Waals surface area contributed by atoms with Crippen LogP contribution in [0.15, 0.2) is 49.1 Å². The summed E-state index contributed by atoms with van der Waals surface area (Å²) in [6.45, 7) is 2.84. The highest BCUT2D eigenvalue weighted by Gasteiger charge is 2.07. The highest BCUT2D eigenvalue weighted by atomic mass is 35.5. The number of halogens is 1. The molecule has 3 aromatic rings. The van der Waals surface area contributed by atoms with Gasteiger partial charge in [-0.25, -0.2) is 0 Å². The summed E-state index contributed by atoms with van der Waals surface area (Å²) in [5.41, 5.74) is 3.06. The Balaban J connectivity index is 1.61. The van der Waals surface area contributed by atoms with Crippen molar-refractivity contribution < 1.29 is 4.79 Å². The number of nitrogens with one attached hydrogen (secondary N) is 1. The van der Waals surface area contributed by atoms with Gasteiger partial charge in [0.25, 0.3) is 0 Å². The fraction of sp³-hybridized carbons (Fsp3) is 0.188. The third kappa shape index (κ3) is 3.98. The molecule has 0 aliphatic carbocycles. The fourth-order valence-corrected chi connectivity index (χ4v) is 2.41. The lowest BCUT2D eigenvalue weighted by Crippen LogP contribution is -2.18. The number of hydrogen-bond donors (Lipinski definition) is 1. The van der Waals surface area contributed by atoms with E-state index in [-0.39, 0.29) is 12.5 Å². The Hall–Kier alpha value is -2.60. The minimum absolute atomic E-state index is 0.107. The molecule has 23 heavy (non-hydrogen) atoms. The SMILES string of the molecule is Cc1ccccc1Cn1cc(NC(=O)Cn2cc(Cl)cn2)cn1. The molecule has 0 aliphatic heterocycles. The number of rotatable bonds is 5. The van der Waals surface area contributed by atoms with Crippen LogP contribution in [-0.2, 0) is 17.9 Å². The topological polar surface area (TPSA) is 64.7 Å². The van der Waals surface area contributed by atoms with Gasteiger partial charge >= 0.3 is 0 Å². The maximum Gasteiger partial charge on any atom is 0.246 e. The second kappa shape index (κ2) is 6.66. The van der Waals surface area contributed by atoms with Gasteiger partial charge in [-0.1, -0.05) is 35.9 Å². The first-order valence-corrected chi connectivity index (χ1v) is 7.53. The second-order valence-corrected chi connectivity index (χ2v) is 5.69. The Bertz CT molecular complexity index is 823. The van der Waals surface area contributed by atoms with Crippen LogP contribution in [0, 0.1) is 6.92 Å². The minimum Gasteiger partial charge on any atom is -0.322 e. The van der Waals surface area contributed by atoms with Crippen molar-refractivity contribution >= 4 is 23.2 Å². The number of nitrogens with zero attached hydrogens (tertiary/aromatic N) is 4. The average Bonchev–Trinajstić information content (AvgIpc) is 3.11. The van der Waals surface area contributed by atoms with Crippen LogP contribution in [-0.4, -0.2) is 25.5 Å². The summed E-state index contributed by atoms with van der Waals surface area (Å²) < 4.78 is 3.28. The summed E-state index contributed by atoms with van der Waals surface area (Å²) in [6, 6.07) is 8.15. The monoisotopic (exact) mass is 329 g/mol. The standard InChI is InChI=1S/C16H16ClN5O/c1-12-4-2-3-5-13(12)8-21-10-15(7-19-21)20-16(23)11-22-9-14(17)6-18-22/h2-7,9-10H,8,11H2,1H3,(H,20,23). The maximum absolute atomic E-state index is 12.0. The lowest BCUT2D eigenvalue weighted by Gasteiger charge is -2.05. The fourth-order valence-electron chi connectivity index (χ4n) is 2.25. The Morgan fingerprint density at radius 1 is 1.17 bits per heavy atom. The summed E-state index contributed by atoms with van der Waals surface area (Å²) in [4.78, 5) is 12.0. The number of carbonyl (C=O) groups excluding carboxylic acids is 1. The van der Waals surface area contributed by atoms with E-state index in [2.05, 4.69) is 34.6 Å². The highest BCUT2D eigenvalue weighted by molar-refractivity contribution is 6.30. The van der Waals surface area contributed by atoms with Crippen LogP contribution < -0.4 is 5.32 Å². The number of anilines is 1. The van der Waals surface area contributed by atoms with Crippen molar-refractivity contribution in [3.8, 4) is 0 Å². The molecule has 0 saturated carbocycles. The van der Waals surface area contributed by atoms with Gasteiger partial charge in [0.15, 0.2) is 0 Å². The predicted molar refractivity (Wildman–Crippen MR) is 88.4 cm³/mol. The van der Waals surface area contributed by atoms with Gasteiger partial charge in [-0.15, -0.1) is 0 Å². The molecule has 7 heteroatoms. The number of amides is 1. The van der Waals surface area contributed by atoms with Gasteiger partial charge in [0.05, 0.1) is 29.6 Å². The van der Waals surface area contributed by atoms with E-state index in [0.717, 1.165) is 0 Å². The number of hydrogen-bond acceptors (Lipinski definition) is 3. The second-order valence-electron chi connectivity index (χ2n) is 5.26. The van der Waals surface area contributed by atoms with Crippen molar-refractivity contribution in [1.82, 2.24) is 19.6 Å². The number of carbonyl (C=O) groups is 1. The molecule has 2 heterocycles. The zero-order valence-corrected chi connectivity index (χ0v) is 13.4. The molecular formula is C16H16ClN5O. The first-order valence-electron chi connectivity index (χ1n) is 7.15. The maximum atomic E-state index is 12.0. The average molecular weight is 330 g/mol. The number of aromatic nitrogens is 4. The molecule has 0 fully saturated rings. The van der Waals surface area contributed by atoms with Gasteiger partial charge in [0, 0.05) is 12.4 Å². The van der Waals surface area contributed by atoms with Crippen LogP contribution >= 0.6 is 11.6 Å². The molecule has 0 bridgehead atoms. The summed E-state index contributed by atoms with van der Waals surface area (Å²) in [7, 11) is 0. The minimum atomic E-state index is -0.180. The lowest BCUT2D eigenvalue weighted by molar-refractivity contribution is -0.116. The Morgan fingerprint density at radius 3 is 2.70 bits per heavy atom. The molecule has 0 saturated heterocycles. The largest absolute Gasteiger partial charge is 0.322 e. The van der Waals surface area contributed by atoms with Gasteiger partial charge in [0.1, 0.15) is 6.54 Å². The summed E-state index contributed by atoms with van der Waals surface area (Å²) >= 11 is 5.77. The summed E-state index contributed by atoms with van der Waals surface area (Å²) in [5, 5.41) is 11.5. The van der Waals surface area contributed by atoms with E-state index in [9.17, 15) is 4.79 Å². The molecule has 0 aliphatic rings. The van der Waals surface area contributed by atoms with Gasteiger partial charge < -0.3 is 5.32 Å². The van der Waals surface area contributed by atoms with E-state index in [1.54, 1.807) is 23.3 Å². The van der Waals surface area contributed by atoms with Gasteiger partial charge in [0.2, 0.25) is 5.91 Å². The summed E-state index contributed by atoms with van der Waals surface area (Å²) in [6.07, 6.45) is 6.53. The van der Waals surface area contributed by atoms with Gasteiger partial charge in [-0.2, -0.15) is 10.2 Å². The van der Waals surface area contributed by atoms with Crippen molar-refractivity contribution in [2.75, 3.05) is 5.32 Å². The van der Waals surface area contributed by atoms with E-state index < -0.39 is 0 Å². The molecule has 0 unspecified atom stereocenters. The molecule has 1 aromatic carbocycles. The van der Waals surface area contributed by atoms with Crippen molar-refractivity contribution in [3.05, 3.63) is 65.2 Å². The third-order valence-corrected chi connectivity index (χ3v) is 3.61. The van der Waals surface area contributed by atoms with Crippen molar-refractivity contribution in [1.29, 1.82) is 0 Å². The smallest absolute Gasteiger partial charge is 0.246 e. The van der Waals surface area contributed by atoms with Crippen molar-refractivity contribution in [3.63, 3.8) is 0 Å². The Kier molecular flexibility index (Phi) is 4.43. The molecule has 1 N–H and O–H groups in total. The van der Waals surface area contributed by atoms with Gasteiger partial charge in [-0.05, 0) is 18.1 Å². The van der Waals surface area contributed by atoms with Crippen LogP contribution in [0.1, 0.15) is 11.1 Å². The zero-order valence-electron chi connectivity index (χ0n) is 12.6. The number of benzene rings is 1. The molecule has 3 rings (SSSR count). The van der Waals surface area contributed by atoms with E-state index in [4.69, 9.17) is 11.6 Å². The molecule has 0 spiro atoms.